The Bertz CT molecular complexity index is 529. The summed E-state index contributed by atoms with van der Waals surface area (Å²) in [5.41, 5.74) is -1.37. The Kier molecular flexibility index (Phi) is 3.46. The van der Waals surface area contributed by atoms with Crippen molar-refractivity contribution in [3.05, 3.63) is 22.0 Å². The van der Waals surface area contributed by atoms with Crippen LogP contribution in [0.2, 0.25) is 0 Å². The maximum atomic E-state index is 10.9. The first-order valence-corrected chi connectivity index (χ1v) is 6.39. The summed E-state index contributed by atoms with van der Waals surface area (Å²) in [6.07, 6.45) is 1.90. The van der Waals surface area contributed by atoms with Crippen molar-refractivity contribution in [2.24, 2.45) is 0 Å². The molecule has 1 rings (SSSR count). The zero-order valence-electron chi connectivity index (χ0n) is 8.73. The van der Waals surface area contributed by atoms with Gasteiger partial charge in [0.15, 0.2) is 0 Å². The lowest BCUT2D eigenvalue weighted by atomic mass is 10.4. The van der Waals surface area contributed by atoms with E-state index in [-0.39, 0.29) is 12.3 Å². The van der Waals surface area contributed by atoms with Gasteiger partial charge in [-0.05, 0) is 0 Å². The Morgan fingerprint density at radius 3 is 2.59 bits per heavy atom. The van der Waals surface area contributed by atoms with Crippen LogP contribution >= 0.6 is 0 Å². The largest absolute Gasteiger partial charge is 0.476 e. The minimum absolute atomic E-state index is 0.132. The molecule has 0 unspecified atom stereocenters. The van der Waals surface area contributed by atoms with Crippen molar-refractivity contribution in [2.45, 2.75) is 6.54 Å². The van der Waals surface area contributed by atoms with Gasteiger partial charge in [0, 0.05) is 6.26 Å². The molecule has 0 bridgehead atoms. The molecular formula is C7H9N3O6S. The van der Waals surface area contributed by atoms with Crippen LogP contribution in [0.4, 0.5) is 5.69 Å². The fourth-order valence-electron chi connectivity index (χ4n) is 1.07. The van der Waals surface area contributed by atoms with E-state index in [0.29, 0.717) is 0 Å². The van der Waals surface area contributed by atoms with Crippen molar-refractivity contribution in [3.63, 3.8) is 0 Å². The lowest BCUT2D eigenvalue weighted by molar-refractivity contribution is -0.385. The van der Waals surface area contributed by atoms with Crippen LogP contribution in [0.15, 0.2) is 6.20 Å². The van der Waals surface area contributed by atoms with E-state index in [1.54, 1.807) is 0 Å². The second-order valence-electron chi connectivity index (χ2n) is 3.32. The van der Waals surface area contributed by atoms with Crippen LogP contribution in [0.1, 0.15) is 10.5 Å². The van der Waals surface area contributed by atoms with Gasteiger partial charge in [-0.15, -0.1) is 0 Å². The lowest BCUT2D eigenvalue weighted by Gasteiger charge is -1.97. The first-order chi connectivity index (χ1) is 7.70. The van der Waals surface area contributed by atoms with Gasteiger partial charge in [0.1, 0.15) is 16.0 Å². The van der Waals surface area contributed by atoms with Gasteiger partial charge in [0.05, 0.1) is 17.2 Å². The maximum Gasteiger partial charge on any atom is 0.363 e. The SMILES string of the molecule is CS(=O)(=O)CCn1cc([N+](=O)[O-])c(C(=O)O)n1. The minimum Gasteiger partial charge on any atom is -0.476 e. The molecule has 0 atom stereocenters. The molecule has 0 aromatic carbocycles. The van der Waals surface area contributed by atoms with Crippen LogP contribution in [-0.4, -0.2) is 46.2 Å². The molecule has 9 nitrogen and oxygen atoms in total. The first-order valence-electron chi connectivity index (χ1n) is 4.33. The Labute approximate surface area is 95.7 Å². The van der Waals surface area contributed by atoms with Crippen LogP contribution in [0.5, 0.6) is 0 Å². The normalized spacial score (nSPS) is 11.4. The van der Waals surface area contributed by atoms with Crippen LogP contribution in [0, 0.1) is 10.1 Å². The molecule has 0 amide bonds. The highest BCUT2D eigenvalue weighted by molar-refractivity contribution is 7.90. The van der Waals surface area contributed by atoms with Crippen molar-refractivity contribution in [3.8, 4) is 0 Å². The Balaban J connectivity index is 3.00. The van der Waals surface area contributed by atoms with E-state index in [0.717, 1.165) is 17.1 Å². The highest BCUT2D eigenvalue weighted by Gasteiger charge is 2.25. The average molecular weight is 263 g/mol. The van der Waals surface area contributed by atoms with E-state index in [2.05, 4.69) is 5.10 Å². The fourth-order valence-corrected chi connectivity index (χ4v) is 1.59. The summed E-state index contributed by atoms with van der Waals surface area (Å²) in [5.74, 6) is -1.81. The third-order valence-corrected chi connectivity index (χ3v) is 2.76. The number of sulfone groups is 1. The van der Waals surface area contributed by atoms with Gasteiger partial charge in [0.2, 0.25) is 5.69 Å². The molecule has 1 aromatic rings. The number of aromatic nitrogens is 2. The molecule has 10 heteroatoms. The molecule has 0 aliphatic heterocycles. The third-order valence-electron chi connectivity index (χ3n) is 1.83. The van der Waals surface area contributed by atoms with Crippen molar-refractivity contribution in [1.82, 2.24) is 9.78 Å². The quantitative estimate of drug-likeness (QED) is 0.561. The smallest absolute Gasteiger partial charge is 0.363 e. The van der Waals surface area contributed by atoms with Crippen molar-refractivity contribution in [1.29, 1.82) is 0 Å². The molecule has 0 aliphatic carbocycles. The van der Waals surface area contributed by atoms with E-state index in [4.69, 9.17) is 5.11 Å². The number of carbonyl (C=O) groups is 1. The number of rotatable bonds is 5. The minimum atomic E-state index is -3.24. The van der Waals surface area contributed by atoms with E-state index in [9.17, 15) is 23.3 Å². The van der Waals surface area contributed by atoms with E-state index >= 15 is 0 Å². The zero-order valence-corrected chi connectivity index (χ0v) is 9.55. The summed E-state index contributed by atoms with van der Waals surface area (Å²) < 4.78 is 22.7. The number of hydrogen-bond donors (Lipinski definition) is 1. The van der Waals surface area contributed by atoms with Crippen molar-refractivity contribution < 1.29 is 23.2 Å². The molecule has 1 N–H and O–H groups in total. The average Bonchev–Trinajstić information content (AvgIpc) is 2.57. The van der Waals surface area contributed by atoms with Crippen LogP contribution in [-0.2, 0) is 16.4 Å². The summed E-state index contributed by atoms with van der Waals surface area (Å²) in [4.78, 5) is 20.3. The molecule has 1 heterocycles. The molecule has 0 spiro atoms. The summed E-state index contributed by atoms with van der Waals surface area (Å²) in [5, 5.41) is 22.6. The fraction of sp³-hybridized carbons (Fsp3) is 0.429. The molecule has 0 radical (unpaired) electrons. The molecule has 17 heavy (non-hydrogen) atoms. The van der Waals surface area contributed by atoms with Gasteiger partial charge in [0.25, 0.3) is 0 Å². The summed E-state index contributed by atoms with van der Waals surface area (Å²) in [7, 11) is -3.24. The molecular weight excluding hydrogens is 254 g/mol. The maximum absolute atomic E-state index is 10.9. The van der Waals surface area contributed by atoms with Crippen molar-refractivity contribution in [2.75, 3.05) is 12.0 Å². The van der Waals surface area contributed by atoms with Gasteiger partial charge in [-0.3, -0.25) is 14.8 Å². The monoisotopic (exact) mass is 263 g/mol. The number of aromatic carboxylic acids is 1. The van der Waals surface area contributed by atoms with E-state index in [1.165, 1.54) is 0 Å². The molecule has 0 saturated carbocycles. The predicted molar refractivity (Wildman–Crippen MR) is 55.6 cm³/mol. The van der Waals surface area contributed by atoms with Gasteiger partial charge in [-0.2, -0.15) is 5.10 Å². The number of carboxylic acids is 1. The van der Waals surface area contributed by atoms with Gasteiger partial charge in [-0.25, -0.2) is 13.2 Å². The summed E-state index contributed by atoms with van der Waals surface area (Å²) in [6.45, 7) is -0.132. The van der Waals surface area contributed by atoms with Gasteiger partial charge >= 0.3 is 11.7 Å². The Morgan fingerprint density at radius 2 is 2.24 bits per heavy atom. The van der Waals surface area contributed by atoms with Gasteiger partial charge < -0.3 is 5.11 Å². The number of carboxylic acid groups (broad SMARTS) is 1. The lowest BCUT2D eigenvalue weighted by Crippen LogP contribution is -2.12. The molecule has 0 aliphatic rings. The topological polar surface area (TPSA) is 132 Å². The molecule has 1 aromatic heterocycles. The second-order valence-corrected chi connectivity index (χ2v) is 5.58. The molecule has 0 saturated heterocycles. The predicted octanol–water partition coefficient (Wildman–Crippen LogP) is -0.466. The number of aryl methyl sites for hydroxylation is 1. The standard InChI is InChI=1S/C7H9N3O6S/c1-17(15,16)3-2-9-4-5(10(13)14)6(8-9)7(11)12/h4H,2-3H2,1H3,(H,11,12). The summed E-state index contributed by atoms with van der Waals surface area (Å²) >= 11 is 0. The number of nitro groups is 1. The highest BCUT2D eigenvalue weighted by atomic mass is 32.2. The first kappa shape index (κ1) is 13.1. The van der Waals surface area contributed by atoms with Crippen LogP contribution in [0.3, 0.4) is 0 Å². The van der Waals surface area contributed by atoms with E-state index < -0.39 is 32.1 Å². The Morgan fingerprint density at radius 1 is 1.65 bits per heavy atom. The molecule has 94 valence electrons. The molecule has 0 fully saturated rings. The van der Waals surface area contributed by atoms with E-state index in [1.807, 2.05) is 0 Å². The Hall–Kier alpha value is -1.97. The van der Waals surface area contributed by atoms with Gasteiger partial charge in [-0.1, -0.05) is 0 Å². The highest BCUT2D eigenvalue weighted by Crippen LogP contribution is 2.16. The number of hydrogen-bond acceptors (Lipinski definition) is 6. The zero-order chi connectivity index (χ0) is 13.2. The number of nitrogens with zero attached hydrogens (tertiary/aromatic N) is 3. The second kappa shape index (κ2) is 4.49. The van der Waals surface area contributed by atoms with Crippen LogP contribution < -0.4 is 0 Å². The van der Waals surface area contributed by atoms with Crippen molar-refractivity contribution >= 4 is 21.5 Å². The summed E-state index contributed by atoms with van der Waals surface area (Å²) in [6, 6.07) is 0. The van der Waals surface area contributed by atoms with Crippen LogP contribution in [0.25, 0.3) is 0 Å². The third kappa shape index (κ3) is 3.52.